The predicted molar refractivity (Wildman–Crippen MR) is 77.1 cm³/mol. The average molecular weight is 223 g/mol. The minimum absolute atomic E-state index is 0.876. The first-order chi connectivity index (χ1) is 8.38. The quantitative estimate of drug-likeness (QED) is 0.517. The number of benzene rings is 1. The first kappa shape index (κ1) is 12.9. The Bertz CT molecular complexity index is 448. The van der Waals surface area contributed by atoms with E-state index in [-0.39, 0.29) is 0 Å². The number of hydrogen-bond acceptors (Lipinski definition) is 1. The van der Waals surface area contributed by atoms with Crippen LogP contribution in [0.1, 0.15) is 12.5 Å². The normalized spacial score (nSPS) is 12.9. The van der Waals surface area contributed by atoms with Gasteiger partial charge in [0.15, 0.2) is 0 Å². The van der Waals surface area contributed by atoms with Crippen molar-refractivity contribution in [1.82, 2.24) is 0 Å². The summed E-state index contributed by atoms with van der Waals surface area (Å²) in [7, 11) is 0. The van der Waals surface area contributed by atoms with Crippen molar-refractivity contribution in [3.63, 3.8) is 0 Å². The molecule has 1 aromatic carbocycles. The van der Waals surface area contributed by atoms with Crippen LogP contribution in [0.15, 0.2) is 77.9 Å². The highest BCUT2D eigenvalue weighted by molar-refractivity contribution is 5.69. The molecular formula is C16H17N. The molecule has 0 unspecified atom stereocenters. The van der Waals surface area contributed by atoms with E-state index in [4.69, 9.17) is 0 Å². The summed E-state index contributed by atoms with van der Waals surface area (Å²) in [6, 6.07) is 10.0. The topological polar surface area (TPSA) is 12.4 Å². The molecule has 0 aliphatic carbocycles. The summed E-state index contributed by atoms with van der Waals surface area (Å²) in [5, 5.41) is 0. The van der Waals surface area contributed by atoms with Gasteiger partial charge in [-0.15, -0.1) is 0 Å². The van der Waals surface area contributed by atoms with Gasteiger partial charge < -0.3 is 0 Å². The van der Waals surface area contributed by atoms with E-state index < -0.39 is 0 Å². The van der Waals surface area contributed by atoms with E-state index in [0.717, 1.165) is 11.3 Å². The molecule has 0 N–H and O–H groups in total. The summed E-state index contributed by atoms with van der Waals surface area (Å²) in [5.41, 5.74) is 1.95. The molecule has 0 aliphatic rings. The standard InChI is InChI=1S/C16H17N/c1-3-4-5-6-7-11-14-16(17-2)15-12-9-8-10-13-15/h3-14H,2H2,1H3/b4-3+,6-5-,11-7-,16-14-. The summed E-state index contributed by atoms with van der Waals surface area (Å²) in [4.78, 5) is 4.01. The molecule has 0 spiro atoms. The predicted octanol–water partition coefficient (Wildman–Crippen LogP) is 4.42. The maximum atomic E-state index is 4.01. The second-order valence-electron chi connectivity index (χ2n) is 3.37. The molecule has 0 saturated heterocycles. The Morgan fingerprint density at radius 3 is 2.29 bits per heavy atom. The van der Waals surface area contributed by atoms with E-state index in [1.165, 1.54) is 0 Å². The molecule has 0 aromatic heterocycles. The Balaban J connectivity index is 2.72. The van der Waals surface area contributed by atoms with E-state index in [1.807, 2.05) is 79.8 Å². The first-order valence-corrected chi connectivity index (χ1v) is 5.57. The van der Waals surface area contributed by atoms with E-state index in [2.05, 4.69) is 11.7 Å². The first-order valence-electron chi connectivity index (χ1n) is 5.57. The highest BCUT2D eigenvalue weighted by Crippen LogP contribution is 2.14. The van der Waals surface area contributed by atoms with E-state index >= 15 is 0 Å². The number of nitrogens with zero attached hydrogens (tertiary/aromatic N) is 1. The van der Waals surface area contributed by atoms with Gasteiger partial charge in [0.25, 0.3) is 0 Å². The Hall–Kier alpha value is -2.15. The van der Waals surface area contributed by atoms with Crippen molar-refractivity contribution in [2.75, 3.05) is 0 Å². The van der Waals surface area contributed by atoms with Crippen LogP contribution in [0.2, 0.25) is 0 Å². The van der Waals surface area contributed by atoms with Gasteiger partial charge in [-0.1, -0.05) is 66.8 Å². The molecule has 0 bridgehead atoms. The van der Waals surface area contributed by atoms with Crippen molar-refractivity contribution in [2.45, 2.75) is 6.92 Å². The van der Waals surface area contributed by atoms with Crippen LogP contribution in [-0.4, -0.2) is 6.72 Å². The zero-order chi connectivity index (χ0) is 12.3. The molecule has 0 saturated carbocycles. The molecule has 0 fully saturated rings. The summed E-state index contributed by atoms with van der Waals surface area (Å²) in [5.74, 6) is 0. The number of hydrogen-bond donors (Lipinski definition) is 0. The lowest BCUT2D eigenvalue weighted by Gasteiger charge is -1.98. The molecule has 1 rings (SSSR count). The molecule has 0 heterocycles. The smallest absolute Gasteiger partial charge is 0.0694 e. The molecule has 1 aromatic rings. The van der Waals surface area contributed by atoms with Crippen molar-refractivity contribution in [2.24, 2.45) is 4.99 Å². The zero-order valence-electron chi connectivity index (χ0n) is 10.1. The number of aliphatic imine (C=N–C) groups is 1. The van der Waals surface area contributed by atoms with E-state index in [0.29, 0.717) is 0 Å². The Kier molecular flexibility index (Phi) is 6.12. The van der Waals surface area contributed by atoms with Crippen molar-refractivity contribution >= 4 is 12.4 Å². The van der Waals surface area contributed by atoms with Gasteiger partial charge in [-0.25, -0.2) is 0 Å². The lowest BCUT2D eigenvalue weighted by atomic mass is 10.1. The van der Waals surface area contributed by atoms with Crippen molar-refractivity contribution in [3.8, 4) is 0 Å². The summed E-state index contributed by atoms with van der Waals surface area (Å²) in [6.45, 7) is 5.57. The highest BCUT2D eigenvalue weighted by Gasteiger charge is 1.94. The van der Waals surface area contributed by atoms with Gasteiger partial charge in [-0.05, 0) is 19.7 Å². The van der Waals surface area contributed by atoms with Crippen molar-refractivity contribution < 1.29 is 0 Å². The number of rotatable bonds is 5. The van der Waals surface area contributed by atoms with E-state index in [9.17, 15) is 0 Å². The Morgan fingerprint density at radius 2 is 1.65 bits per heavy atom. The van der Waals surface area contributed by atoms with Gasteiger partial charge in [-0.2, -0.15) is 0 Å². The average Bonchev–Trinajstić information content (AvgIpc) is 2.39. The van der Waals surface area contributed by atoms with Crippen molar-refractivity contribution in [1.29, 1.82) is 0 Å². The van der Waals surface area contributed by atoms with Gasteiger partial charge in [0, 0.05) is 5.56 Å². The van der Waals surface area contributed by atoms with Crippen LogP contribution in [0, 0.1) is 0 Å². The largest absolute Gasteiger partial charge is 0.264 e. The van der Waals surface area contributed by atoms with Gasteiger partial charge >= 0.3 is 0 Å². The molecule has 0 amide bonds. The van der Waals surface area contributed by atoms with Crippen LogP contribution < -0.4 is 0 Å². The van der Waals surface area contributed by atoms with Gasteiger partial charge in [0.1, 0.15) is 0 Å². The lowest BCUT2D eigenvalue weighted by molar-refractivity contribution is 1.52. The fraction of sp³-hybridized carbons (Fsp3) is 0.0625. The number of allylic oxidation sites excluding steroid dienone is 7. The van der Waals surface area contributed by atoms with Crippen LogP contribution in [0.4, 0.5) is 0 Å². The monoisotopic (exact) mass is 223 g/mol. The molecular weight excluding hydrogens is 206 g/mol. The maximum Gasteiger partial charge on any atom is 0.0694 e. The fourth-order valence-corrected chi connectivity index (χ4v) is 1.30. The summed E-state index contributed by atoms with van der Waals surface area (Å²) >= 11 is 0. The maximum absolute atomic E-state index is 4.01. The summed E-state index contributed by atoms with van der Waals surface area (Å²) in [6.07, 6.45) is 13.8. The highest BCUT2D eigenvalue weighted by atomic mass is 14.7. The van der Waals surface area contributed by atoms with E-state index in [1.54, 1.807) is 0 Å². The Labute approximate surface area is 103 Å². The summed E-state index contributed by atoms with van der Waals surface area (Å²) < 4.78 is 0. The molecule has 1 nitrogen and oxygen atoms in total. The minimum atomic E-state index is 0.876. The van der Waals surface area contributed by atoms with Crippen LogP contribution in [0.3, 0.4) is 0 Å². The SMILES string of the molecule is C=N\C(=C/C=C\C=C/C=C/C)c1ccccc1. The van der Waals surface area contributed by atoms with Gasteiger partial charge in [-0.3, -0.25) is 4.99 Å². The lowest BCUT2D eigenvalue weighted by Crippen LogP contribution is -1.78. The Morgan fingerprint density at radius 1 is 1.00 bits per heavy atom. The third-order valence-electron chi connectivity index (χ3n) is 2.13. The zero-order valence-corrected chi connectivity index (χ0v) is 10.1. The minimum Gasteiger partial charge on any atom is -0.264 e. The molecule has 1 heteroatoms. The molecule has 86 valence electrons. The van der Waals surface area contributed by atoms with Gasteiger partial charge in [0.05, 0.1) is 5.70 Å². The molecule has 17 heavy (non-hydrogen) atoms. The molecule has 0 aliphatic heterocycles. The third kappa shape index (κ3) is 4.94. The molecule has 0 atom stereocenters. The van der Waals surface area contributed by atoms with Crippen LogP contribution in [0.5, 0.6) is 0 Å². The van der Waals surface area contributed by atoms with Gasteiger partial charge in [0.2, 0.25) is 0 Å². The molecule has 0 radical (unpaired) electrons. The van der Waals surface area contributed by atoms with Crippen molar-refractivity contribution in [3.05, 3.63) is 78.4 Å². The fourth-order valence-electron chi connectivity index (χ4n) is 1.30. The second-order valence-corrected chi connectivity index (χ2v) is 3.37. The second kappa shape index (κ2) is 8.05. The van der Waals surface area contributed by atoms with Crippen LogP contribution in [-0.2, 0) is 0 Å². The van der Waals surface area contributed by atoms with Crippen LogP contribution in [0.25, 0.3) is 5.70 Å². The van der Waals surface area contributed by atoms with Crippen LogP contribution >= 0.6 is 0 Å². The third-order valence-corrected chi connectivity index (χ3v) is 2.13.